The number of carbonyl (C=O) groups excluding carboxylic acids is 3. The molecule has 2 atom stereocenters. The predicted octanol–water partition coefficient (Wildman–Crippen LogP) is 2.98. The zero-order valence-electron chi connectivity index (χ0n) is 24.8. The van der Waals surface area contributed by atoms with Crippen LogP contribution in [0.2, 0.25) is 5.02 Å². The van der Waals surface area contributed by atoms with E-state index in [1.54, 1.807) is 9.80 Å². The Morgan fingerprint density at radius 2 is 1.75 bits per heavy atom. The van der Waals surface area contributed by atoms with E-state index in [1.165, 1.54) is 55.3 Å². The van der Waals surface area contributed by atoms with Gasteiger partial charge in [0.15, 0.2) is 17.4 Å². The van der Waals surface area contributed by atoms with Crippen molar-refractivity contribution in [2.45, 2.75) is 12.6 Å². The second-order valence-corrected chi connectivity index (χ2v) is 12.0. The molecular formula is C30H34ClF2N6O5+. The minimum Gasteiger partial charge on any atom is -0.494 e. The molecule has 234 valence electrons. The predicted molar refractivity (Wildman–Crippen MR) is 158 cm³/mol. The summed E-state index contributed by atoms with van der Waals surface area (Å²) in [6, 6.07) is 7.10. The number of anilines is 1. The number of quaternary nitrogens is 1. The van der Waals surface area contributed by atoms with Crippen LogP contribution in [0.4, 0.5) is 14.5 Å². The molecule has 1 aromatic heterocycles. The van der Waals surface area contributed by atoms with Crippen molar-refractivity contribution in [2.75, 3.05) is 59.2 Å². The molecule has 3 amide bonds. The Balaban J connectivity index is 1.22. The molecule has 0 spiro atoms. The van der Waals surface area contributed by atoms with Gasteiger partial charge in [0.2, 0.25) is 18.0 Å². The summed E-state index contributed by atoms with van der Waals surface area (Å²) in [4.78, 5) is 46.7. The topological polar surface area (TPSA) is 117 Å². The van der Waals surface area contributed by atoms with Gasteiger partial charge in [0.1, 0.15) is 5.92 Å². The van der Waals surface area contributed by atoms with Crippen LogP contribution in [0.1, 0.15) is 27.4 Å². The van der Waals surface area contributed by atoms with E-state index < -0.39 is 29.7 Å². The summed E-state index contributed by atoms with van der Waals surface area (Å²) < 4.78 is 35.4. The Morgan fingerprint density at radius 3 is 2.36 bits per heavy atom. The van der Waals surface area contributed by atoms with E-state index in [0.717, 1.165) is 6.54 Å². The van der Waals surface area contributed by atoms with Gasteiger partial charge in [-0.25, -0.2) is 9.37 Å². The Labute approximate surface area is 258 Å². The van der Waals surface area contributed by atoms with E-state index in [2.05, 4.69) is 10.3 Å². The lowest BCUT2D eigenvalue weighted by Gasteiger charge is -2.37. The number of hydrogen-bond donors (Lipinski definition) is 2. The number of nitrogens with zero attached hydrogens (tertiary/aromatic N) is 5. The number of carbonyl (C=O) groups is 3. The third-order valence-corrected chi connectivity index (χ3v) is 8.79. The Bertz CT molecular complexity index is 1620. The van der Waals surface area contributed by atoms with Gasteiger partial charge in [0.05, 0.1) is 50.2 Å². The van der Waals surface area contributed by atoms with Gasteiger partial charge in [-0.05, 0) is 30.3 Å². The van der Waals surface area contributed by atoms with Gasteiger partial charge < -0.3 is 34.0 Å². The van der Waals surface area contributed by atoms with Crippen LogP contribution >= 0.6 is 11.6 Å². The number of benzene rings is 2. The van der Waals surface area contributed by atoms with Crippen molar-refractivity contribution in [3.63, 3.8) is 0 Å². The molecule has 44 heavy (non-hydrogen) atoms. The third kappa shape index (κ3) is 5.74. The molecule has 5 rings (SSSR count). The Hall–Kier alpha value is -4.07. The van der Waals surface area contributed by atoms with E-state index in [1.807, 2.05) is 14.1 Å². The Morgan fingerprint density at radius 1 is 1.07 bits per heavy atom. The maximum absolute atomic E-state index is 14.6. The molecule has 0 saturated carbocycles. The largest absolute Gasteiger partial charge is 0.494 e. The number of hydrogen-bond acceptors (Lipinski definition) is 6. The van der Waals surface area contributed by atoms with E-state index in [0.29, 0.717) is 42.8 Å². The molecule has 2 fully saturated rings. The summed E-state index contributed by atoms with van der Waals surface area (Å²) in [7, 11) is 6.53. The lowest BCUT2D eigenvalue weighted by atomic mass is 10.0. The maximum atomic E-state index is 14.6. The molecule has 2 saturated heterocycles. The number of imidazole rings is 1. The van der Waals surface area contributed by atoms with Crippen LogP contribution in [0.15, 0.2) is 36.5 Å². The molecule has 2 aliphatic heterocycles. The standard InChI is InChI=1S/C30H33ClF2N6O5/c1-36-22(19-7-8-23(44-4)25(33)24(19)32)16-34-26(36)27(40)35-17-5-6-18(21(31)15-17)28(41)37-10-12-38(13-11-37)29(42)20-9-14-39(2,3)30(20)43/h5-8,15-16,20,30,43H,9-14H2,1-4H3/p+1. The lowest BCUT2D eigenvalue weighted by Crippen LogP contribution is -2.54. The molecule has 2 aromatic carbocycles. The summed E-state index contributed by atoms with van der Waals surface area (Å²) in [5.41, 5.74) is 0.630. The van der Waals surface area contributed by atoms with Gasteiger partial charge in [0.25, 0.3) is 11.8 Å². The van der Waals surface area contributed by atoms with Crippen molar-refractivity contribution in [3.05, 3.63) is 64.6 Å². The van der Waals surface area contributed by atoms with E-state index in [9.17, 15) is 28.3 Å². The summed E-state index contributed by atoms with van der Waals surface area (Å²) in [6.45, 7) is 2.07. The molecule has 2 aliphatic rings. The smallest absolute Gasteiger partial charge is 0.291 e. The highest BCUT2D eigenvalue weighted by molar-refractivity contribution is 6.34. The fourth-order valence-electron chi connectivity index (χ4n) is 5.74. The number of amides is 3. The number of likely N-dealkylation sites (tertiary alicyclic amines) is 1. The Kier molecular flexibility index (Phi) is 8.65. The van der Waals surface area contributed by atoms with Crippen molar-refractivity contribution in [2.24, 2.45) is 13.0 Å². The van der Waals surface area contributed by atoms with E-state index in [4.69, 9.17) is 16.3 Å². The average Bonchev–Trinajstić information content (AvgIpc) is 3.51. The second kappa shape index (κ2) is 12.1. The van der Waals surface area contributed by atoms with Crippen LogP contribution in [0, 0.1) is 17.6 Å². The molecule has 3 heterocycles. The van der Waals surface area contributed by atoms with Gasteiger partial charge >= 0.3 is 0 Å². The molecule has 2 N–H and O–H groups in total. The van der Waals surface area contributed by atoms with E-state index >= 15 is 0 Å². The SMILES string of the molecule is COc1ccc(-c2cnc(C(=O)Nc3ccc(C(=O)N4CCN(C(=O)C5CC[N+](C)(C)C5O)CC4)c(Cl)c3)n2C)c(F)c1F. The number of aromatic nitrogens is 2. The van der Waals surface area contributed by atoms with Gasteiger partial charge in [-0.1, -0.05) is 11.6 Å². The van der Waals surface area contributed by atoms with E-state index in [-0.39, 0.29) is 45.2 Å². The molecule has 0 radical (unpaired) electrons. The summed E-state index contributed by atoms with van der Waals surface area (Å²) >= 11 is 6.45. The molecule has 14 heteroatoms. The monoisotopic (exact) mass is 631 g/mol. The highest BCUT2D eigenvalue weighted by atomic mass is 35.5. The molecule has 11 nitrogen and oxygen atoms in total. The second-order valence-electron chi connectivity index (χ2n) is 11.5. The first-order valence-electron chi connectivity index (χ1n) is 14.1. The van der Waals surface area contributed by atoms with Crippen LogP contribution in [0.25, 0.3) is 11.3 Å². The number of methoxy groups -OCH3 is 1. The van der Waals surface area contributed by atoms with Gasteiger partial charge in [-0.2, -0.15) is 4.39 Å². The quantitative estimate of drug-likeness (QED) is 0.404. The van der Waals surface area contributed by atoms with Crippen LogP contribution in [-0.2, 0) is 11.8 Å². The number of nitrogens with one attached hydrogen (secondary N) is 1. The first-order valence-corrected chi connectivity index (χ1v) is 14.5. The van der Waals surface area contributed by atoms with Gasteiger partial charge in [-0.15, -0.1) is 0 Å². The number of aliphatic hydroxyl groups excluding tert-OH is 1. The number of aliphatic hydroxyl groups is 1. The molecule has 0 bridgehead atoms. The van der Waals surface area contributed by atoms with Gasteiger partial charge in [-0.3, -0.25) is 14.4 Å². The zero-order chi connectivity index (χ0) is 31.9. The van der Waals surface area contributed by atoms with Crippen LogP contribution in [0.5, 0.6) is 5.75 Å². The first-order chi connectivity index (χ1) is 20.8. The van der Waals surface area contributed by atoms with Crippen molar-refractivity contribution in [3.8, 4) is 17.0 Å². The highest BCUT2D eigenvalue weighted by Gasteiger charge is 2.47. The summed E-state index contributed by atoms with van der Waals surface area (Å²) in [5.74, 6) is -4.06. The number of piperazine rings is 1. The number of halogens is 3. The van der Waals surface area contributed by atoms with Gasteiger partial charge in [0, 0.05) is 50.9 Å². The van der Waals surface area contributed by atoms with Crippen LogP contribution in [-0.4, -0.2) is 107 Å². The van der Waals surface area contributed by atoms with Crippen molar-refractivity contribution in [1.82, 2.24) is 19.4 Å². The van der Waals surface area contributed by atoms with Crippen molar-refractivity contribution < 1.29 is 37.5 Å². The van der Waals surface area contributed by atoms with Crippen LogP contribution in [0.3, 0.4) is 0 Å². The van der Waals surface area contributed by atoms with Crippen molar-refractivity contribution in [1.29, 1.82) is 0 Å². The molecular weight excluding hydrogens is 598 g/mol. The van der Waals surface area contributed by atoms with Crippen molar-refractivity contribution >= 4 is 35.0 Å². The molecule has 3 aromatic rings. The maximum Gasteiger partial charge on any atom is 0.291 e. The minimum absolute atomic E-state index is 0.0630. The number of rotatable bonds is 6. The fourth-order valence-corrected chi connectivity index (χ4v) is 6.00. The highest BCUT2D eigenvalue weighted by Crippen LogP contribution is 2.31. The number of ether oxygens (including phenoxy) is 1. The molecule has 2 unspecified atom stereocenters. The summed E-state index contributed by atoms with van der Waals surface area (Å²) in [6.07, 6.45) is 1.13. The fraction of sp³-hybridized carbons (Fsp3) is 0.400. The first kappa shape index (κ1) is 31.4. The molecule has 0 aliphatic carbocycles. The lowest BCUT2D eigenvalue weighted by molar-refractivity contribution is -0.924. The zero-order valence-corrected chi connectivity index (χ0v) is 25.6. The summed E-state index contributed by atoms with van der Waals surface area (Å²) in [5, 5.41) is 13.3. The minimum atomic E-state index is -1.15. The van der Waals surface area contributed by atoms with Crippen LogP contribution < -0.4 is 10.1 Å². The third-order valence-electron chi connectivity index (χ3n) is 8.48. The average molecular weight is 632 g/mol. The normalized spacial score (nSPS) is 19.6.